The summed E-state index contributed by atoms with van der Waals surface area (Å²) in [5, 5.41) is 4.67. The fourth-order valence-electron chi connectivity index (χ4n) is 2.58. The molecule has 0 aliphatic carbocycles. The normalized spacial score (nSPS) is 11.4. The fraction of sp³-hybridized carbons (Fsp3) is 0.200. The van der Waals surface area contributed by atoms with Crippen LogP contribution in [0, 0.1) is 0 Å². The molecule has 0 amide bonds. The standard InChI is InChI=1S/C20H16ClF3N2O2/c21-15-7-9-16(10-8-15)28-12-4-11-26-19(27)17(20(22,23)24)13-18(25-26)14-5-2-1-3-6-14/h1-3,5-10,13H,4,11-12H2. The van der Waals surface area contributed by atoms with Gasteiger partial charge in [0.1, 0.15) is 11.3 Å². The highest BCUT2D eigenvalue weighted by atomic mass is 35.5. The second-order valence-corrected chi connectivity index (χ2v) is 6.43. The zero-order valence-corrected chi connectivity index (χ0v) is 15.4. The van der Waals surface area contributed by atoms with Crippen LogP contribution in [0.25, 0.3) is 11.3 Å². The van der Waals surface area contributed by atoms with Crippen molar-refractivity contribution in [2.45, 2.75) is 19.1 Å². The van der Waals surface area contributed by atoms with Gasteiger partial charge in [-0.3, -0.25) is 4.79 Å². The van der Waals surface area contributed by atoms with Gasteiger partial charge in [0.25, 0.3) is 5.56 Å². The Morgan fingerprint density at radius 3 is 2.36 bits per heavy atom. The molecule has 0 N–H and O–H groups in total. The lowest BCUT2D eigenvalue weighted by Gasteiger charge is -2.13. The number of rotatable bonds is 6. The van der Waals surface area contributed by atoms with Crippen molar-refractivity contribution < 1.29 is 17.9 Å². The topological polar surface area (TPSA) is 44.1 Å². The molecule has 3 aromatic rings. The average Bonchev–Trinajstić information content (AvgIpc) is 2.67. The summed E-state index contributed by atoms with van der Waals surface area (Å²) < 4.78 is 46.2. The van der Waals surface area contributed by atoms with E-state index in [-0.39, 0.29) is 18.8 Å². The van der Waals surface area contributed by atoms with Crippen molar-refractivity contribution in [3.05, 3.63) is 81.6 Å². The van der Waals surface area contributed by atoms with Gasteiger partial charge in [0.2, 0.25) is 0 Å². The van der Waals surface area contributed by atoms with E-state index in [0.29, 0.717) is 22.8 Å². The minimum Gasteiger partial charge on any atom is -0.494 e. The largest absolute Gasteiger partial charge is 0.494 e. The molecule has 28 heavy (non-hydrogen) atoms. The summed E-state index contributed by atoms with van der Waals surface area (Å²) in [5.74, 6) is 0.582. The van der Waals surface area contributed by atoms with Gasteiger partial charge in [-0.1, -0.05) is 41.9 Å². The average molecular weight is 409 g/mol. The highest BCUT2D eigenvalue weighted by Gasteiger charge is 2.35. The number of alkyl halides is 3. The number of aromatic nitrogens is 2. The third-order valence-corrected chi connectivity index (χ3v) is 4.20. The van der Waals surface area contributed by atoms with Gasteiger partial charge < -0.3 is 4.74 Å². The molecule has 0 atom stereocenters. The van der Waals surface area contributed by atoms with E-state index in [1.165, 1.54) is 0 Å². The first-order valence-electron chi connectivity index (χ1n) is 8.48. The third-order valence-electron chi connectivity index (χ3n) is 3.95. The van der Waals surface area contributed by atoms with E-state index in [9.17, 15) is 18.0 Å². The summed E-state index contributed by atoms with van der Waals surface area (Å²) in [6.45, 7) is 0.211. The highest BCUT2D eigenvalue weighted by Crippen LogP contribution is 2.28. The van der Waals surface area contributed by atoms with Gasteiger partial charge in [-0.05, 0) is 30.3 Å². The van der Waals surface area contributed by atoms with E-state index in [0.717, 1.165) is 10.7 Å². The van der Waals surface area contributed by atoms with Crippen LogP contribution in [0.2, 0.25) is 5.02 Å². The van der Waals surface area contributed by atoms with Crippen molar-refractivity contribution in [2.24, 2.45) is 0 Å². The molecule has 2 aromatic carbocycles. The van der Waals surface area contributed by atoms with Crippen LogP contribution < -0.4 is 10.3 Å². The molecule has 4 nitrogen and oxygen atoms in total. The molecule has 0 saturated carbocycles. The van der Waals surface area contributed by atoms with Crippen molar-refractivity contribution in [3.8, 4) is 17.0 Å². The first-order valence-corrected chi connectivity index (χ1v) is 8.85. The van der Waals surface area contributed by atoms with E-state index in [2.05, 4.69) is 5.10 Å². The molecule has 0 spiro atoms. The van der Waals surface area contributed by atoms with Gasteiger partial charge in [-0.15, -0.1) is 0 Å². The number of hydrogen-bond donors (Lipinski definition) is 0. The van der Waals surface area contributed by atoms with Crippen molar-refractivity contribution in [1.29, 1.82) is 0 Å². The molecule has 0 saturated heterocycles. The zero-order valence-electron chi connectivity index (χ0n) is 14.6. The van der Waals surface area contributed by atoms with Gasteiger partial charge in [-0.2, -0.15) is 18.3 Å². The second-order valence-electron chi connectivity index (χ2n) is 5.99. The van der Waals surface area contributed by atoms with Crippen LogP contribution in [0.1, 0.15) is 12.0 Å². The molecule has 1 aromatic heterocycles. The lowest BCUT2D eigenvalue weighted by Crippen LogP contribution is -2.31. The van der Waals surface area contributed by atoms with Crippen LogP contribution in [0.4, 0.5) is 13.2 Å². The van der Waals surface area contributed by atoms with Gasteiger partial charge >= 0.3 is 6.18 Å². The minimum absolute atomic E-state index is 0.00379. The SMILES string of the molecule is O=c1c(C(F)(F)F)cc(-c2ccccc2)nn1CCCOc1ccc(Cl)cc1. The maximum Gasteiger partial charge on any atom is 0.421 e. The van der Waals surface area contributed by atoms with E-state index >= 15 is 0 Å². The number of halogens is 4. The number of hydrogen-bond acceptors (Lipinski definition) is 3. The van der Waals surface area contributed by atoms with Crippen molar-refractivity contribution >= 4 is 11.6 Å². The predicted octanol–water partition coefficient (Wildman–Crippen LogP) is 5.05. The molecule has 0 bridgehead atoms. The van der Waals surface area contributed by atoms with E-state index in [4.69, 9.17) is 16.3 Å². The van der Waals surface area contributed by atoms with Crippen LogP contribution in [-0.2, 0) is 12.7 Å². The molecule has 3 rings (SSSR count). The molecule has 0 radical (unpaired) electrons. The molecule has 0 aliphatic rings. The summed E-state index contributed by atoms with van der Waals surface area (Å²) in [7, 11) is 0. The molecule has 0 fully saturated rings. The number of nitrogens with zero attached hydrogens (tertiary/aromatic N) is 2. The van der Waals surface area contributed by atoms with Crippen molar-refractivity contribution in [1.82, 2.24) is 9.78 Å². The van der Waals surface area contributed by atoms with Crippen LogP contribution >= 0.6 is 11.6 Å². The van der Waals surface area contributed by atoms with Crippen LogP contribution in [0.3, 0.4) is 0 Å². The Morgan fingerprint density at radius 1 is 1.04 bits per heavy atom. The van der Waals surface area contributed by atoms with Crippen molar-refractivity contribution in [3.63, 3.8) is 0 Å². The van der Waals surface area contributed by atoms with Crippen LogP contribution in [-0.4, -0.2) is 16.4 Å². The molecule has 0 unspecified atom stereocenters. The lowest BCUT2D eigenvalue weighted by atomic mass is 10.1. The Labute approximate surface area is 164 Å². The van der Waals surface area contributed by atoms with Crippen LogP contribution in [0.5, 0.6) is 5.75 Å². The smallest absolute Gasteiger partial charge is 0.421 e. The Hall–Kier alpha value is -2.80. The molecule has 0 aliphatic heterocycles. The summed E-state index contributed by atoms with van der Waals surface area (Å²) in [4.78, 5) is 12.2. The first-order chi connectivity index (χ1) is 13.3. The molecular weight excluding hydrogens is 393 g/mol. The lowest BCUT2D eigenvalue weighted by molar-refractivity contribution is -0.139. The van der Waals surface area contributed by atoms with E-state index < -0.39 is 17.3 Å². The summed E-state index contributed by atoms with van der Waals surface area (Å²) >= 11 is 5.79. The Bertz CT molecular complexity index is 987. The van der Waals surface area contributed by atoms with E-state index in [1.54, 1.807) is 54.6 Å². The Morgan fingerprint density at radius 2 is 1.71 bits per heavy atom. The van der Waals surface area contributed by atoms with Gasteiger partial charge in [-0.25, -0.2) is 4.68 Å². The molecule has 1 heterocycles. The Balaban J connectivity index is 1.79. The van der Waals surface area contributed by atoms with E-state index in [1.807, 2.05) is 0 Å². The maximum absolute atomic E-state index is 13.3. The molecule has 146 valence electrons. The summed E-state index contributed by atoms with van der Waals surface area (Å²) in [6.07, 6.45) is -4.45. The summed E-state index contributed by atoms with van der Waals surface area (Å²) in [6, 6.07) is 15.9. The number of aryl methyl sites for hydroxylation is 1. The monoisotopic (exact) mass is 408 g/mol. The third kappa shape index (κ3) is 4.92. The van der Waals surface area contributed by atoms with Crippen molar-refractivity contribution in [2.75, 3.05) is 6.61 Å². The van der Waals surface area contributed by atoms with Gasteiger partial charge in [0.15, 0.2) is 0 Å². The van der Waals surface area contributed by atoms with Gasteiger partial charge in [0, 0.05) is 23.6 Å². The molecular formula is C20H16ClF3N2O2. The first kappa shape index (κ1) is 19.9. The summed E-state index contributed by atoms with van der Waals surface area (Å²) in [5.41, 5.74) is -1.82. The Kier molecular flexibility index (Phi) is 6.04. The zero-order chi connectivity index (χ0) is 20.1. The molecule has 8 heteroatoms. The number of benzene rings is 2. The second kappa shape index (κ2) is 8.48. The number of ether oxygens (including phenoxy) is 1. The minimum atomic E-state index is -4.76. The van der Waals surface area contributed by atoms with Gasteiger partial charge in [0.05, 0.1) is 12.3 Å². The quantitative estimate of drug-likeness (QED) is 0.536. The van der Waals surface area contributed by atoms with Crippen LogP contribution in [0.15, 0.2) is 65.5 Å². The predicted molar refractivity (Wildman–Crippen MR) is 100 cm³/mol. The maximum atomic E-state index is 13.3. The fourth-order valence-corrected chi connectivity index (χ4v) is 2.71. The highest BCUT2D eigenvalue weighted by molar-refractivity contribution is 6.30.